The molecule has 1 amide bonds. The highest BCUT2D eigenvalue weighted by molar-refractivity contribution is 7.96. The minimum atomic E-state index is -3.48. The fourth-order valence-electron chi connectivity index (χ4n) is 7.66. The SMILES string of the molecule is C[C@@H](O[Si](C)(C)C)[C@H]1C(=O)N(C(C(=O)OC(=O)c2ccc([N+](=O)[O-])cc2)=P(c2ccccc2)(c2ccccc2)c2ccccc2)[C@@H]1CC(=O)c1cccc(O[Si](C)(C)C)c1. The number of Topliss-reactive ketones (excluding diaryl/α,β-unsaturated/α-hetero) is 1. The summed E-state index contributed by atoms with van der Waals surface area (Å²) in [5, 5.41) is 13.5. The number of amides is 1. The topological polar surface area (TPSA) is 142 Å². The minimum Gasteiger partial charge on any atom is -0.544 e. The van der Waals surface area contributed by atoms with Gasteiger partial charge in [0.25, 0.3) is 5.69 Å². The third-order valence-corrected chi connectivity index (χ3v) is 16.1. The number of ether oxygens (including phenoxy) is 1. The van der Waals surface area contributed by atoms with Crippen LogP contribution in [0.1, 0.15) is 34.1 Å². The van der Waals surface area contributed by atoms with E-state index in [1.165, 1.54) is 17.0 Å². The van der Waals surface area contributed by atoms with Crippen molar-refractivity contribution < 1.29 is 37.7 Å². The first-order valence-electron chi connectivity index (χ1n) is 19.7. The molecule has 0 N–H and O–H groups in total. The minimum absolute atomic E-state index is 0.0866. The number of carbonyl (C=O) groups excluding carboxylic acids is 4. The summed E-state index contributed by atoms with van der Waals surface area (Å²) < 4.78 is 18.5. The second-order valence-corrected chi connectivity index (χ2v) is 28.8. The van der Waals surface area contributed by atoms with Crippen LogP contribution in [0, 0.1) is 16.0 Å². The van der Waals surface area contributed by atoms with Gasteiger partial charge in [-0.15, -0.1) is 0 Å². The van der Waals surface area contributed by atoms with Crippen LogP contribution in [0.5, 0.6) is 5.75 Å². The van der Waals surface area contributed by atoms with Gasteiger partial charge in [0.15, 0.2) is 14.1 Å². The molecule has 11 nitrogen and oxygen atoms in total. The Morgan fingerprint density at radius 1 is 0.717 bits per heavy atom. The first-order chi connectivity index (χ1) is 28.4. The fraction of sp³-hybridized carbons (Fsp3) is 0.239. The zero-order valence-corrected chi connectivity index (χ0v) is 37.6. The molecular weight excluding hydrogens is 812 g/mol. The number of non-ortho nitro benzene ring substituents is 1. The molecule has 0 bridgehead atoms. The van der Waals surface area contributed by atoms with Gasteiger partial charge in [0.1, 0.15) is 11.2 Å². The van der Waals surface area contributed by atoms with Crippen LogP contribution in [0.3, 0.4) is 0 Å². The van der Waals surface area contributed by atoms with E-state index in [4.69, 9.17) is 13.6 Å². The van der Waals surface area contributed by atoms with Crippen LogP contribution in [-0.4, -0.2) is 67.7 Å². The Morgan fingerprint density at radius 3 is 1.70 bits per heavy atom. The van der Waals surface area contributed by atoms with Crippen LogP contribution in [-0.2, 0) is 18.8 Å². The van der Waals surface area contributed by atoms with Crippen LogP contribution in [0.4, 0.5) is 5.69 Å². The van der Waals surface area contributed by atoms with Crippen molar-refractivity contribution in [2.45, 2.75) is 64.8 Å². The van der Waals surface area contributed by atoms with E-state index in [1.807, 2.05) is 143 Å². The van der Waals surface area contributed by atoms with Crippen LogP contribution >= 0.6 is 6.89 Å². The van der Waals surface area contributed by atoms with E-state index >= 15 is 9.59 Å². The lowest BCUT2D eigenvalue weighted by molar-refractivity contribution is -0.384. The zero-order chi connectivity index (χ0) is 43.4. The van der Waals surface area contributed by atoms with Gasteiger partial charge in [-0.1, -0.05) is 103 Å². The number of nitro groups is 1. The molecule has 1 fully saturated rings. The number of nitrogens with zero attached hydrogens (tertiary/aromatic N) is 2. The summed E-state index contributed by atoms with van der Waals surface area (Å²) in [4.78, 5) is 71.1. The summed E-state index contributed by atoms with van der Waals surface area (Å²) in [5.74, 6) is -3.14. The molecule has 1 aliphatic rings. The molecule has 0 saturated carbocycles. The molecule has 60 heavy (non-hydrogen) atoms. The molecule has 310 valence electrons. The van der Waals surface area contributed by atoms with Crippen molar-refractivity contribution in [1.29, 1.82) is 0 Å². The van der Waals surface area contributed by atoms with Crippen LogP contribution in [0.25, 0.3) is 0 Å². The van der Waals surface area contributed by atoms with E-state index in [1.54, 1.807) is 18.2 Å². The Labute approximate surface area is 352 Å². The van der Waals surface area contributed by atoms with Crippen molar-refractivity contribution in [3.63, 3.8) is 0 Å². The number of benzene rings is 5. The Balaban J connectivity index is 1.63. The van der Waals surface area contributed by atoms with Crippen molar-refractivity contribution in [3.05, 3.63) is 161 Å². The van der Waals surface area contributed by atoms with Gasteiger partial charge in [-0.2, -0.15) is 0 Å². The van der Waals surface area contributed by atoms with Crippen molar-refractivity contribution in [2.24, 2.45) is 5.92 Å². The predicted molar refractivity (Wildman–Crippen MR) is 241 cm³/mol. The van der Waals surface area contributed by atoms with Gasteiger partial charge in [0.05, 0.1) is 28.6 Å². The predicted octanol–water partition coefficient (Wildman–Crippen LogP) is 7.96. The van der Waals surface area contributed by atoms with Crippen molar-refractivity contribution in [3.8, 4) is 5.75 Å². The van der Waals surface area contributed by atoms with Gasteiger partial charge in [0, 0.05) is 31.0 Å². The third-order valence-electron chi connectivity index (χ3n) is 9.95. The molecule has 5 aromatic carbocycles. The normalized spacial score (nSPS) is 16.0. The number of hydrogen-bond acceptors (Lipinski definition) is 9. The molecular formula is C46H49N2O9PSi2. The van der Waals surface area contributed by atoms with E-state index in [9.17, 15) is 19.7 Å². The zero-order valence-electron chi connectivity index (χ0n) is 34.7. The average molecular weight is 861 g/mol. The molecule has 14 heteroatoms. The summed E-state index contributed by atoms with van der Waals surface area (Å²) in [5.41, 5.74) is -0.0514. The molecule has 5 aromatic rings. The quantitative estimate of drug-likeness (QED) is 0.0150. The van der Waals surface area contributed by atoms with E-state index in [0.717, 1.165) is 12.1 Å². The number of esters is 2. The van der Waals surface area contributed by atoms with E-state index in [2.05, 4.69) is 0 Å². The number of rotatable bonds is 15. The molecule has 1 heterocycles. The van der Waals surface area contributed by atoms with Gasteiger partial charge in [-0.25, -0.2) is 9.59 Å². The van der Waals surface area contributed by atoms with Crippen molar-refractivity contribution in [1.82, 2.24) is 4.90 Å². The summed E-state index contributed by atoms with van der Waals surface area (Å²) >= 11 is 0. The maximum atomic E-state index is 15.4. The van der Waals surface area contributed by atoms with Gasteiger partial charge in [-0.05, 0) is 86.4 Å². The molecule has 1 saturated heterocycles. The monoisotopic (exact) mass is 860 g/mol. The number of hydrogen-bond donors (Lipinski definition) is 0. The summed E-state index contributed by atoms with van der Waals surface area (Å²) in [6.07, 6.45) is -0.811. The van der Waals surface area contributed by atoms with Gasteiger partial charge in [-0.3, -0.25) is 19.7 Å². The summed E-state index contributed by atoms with van der Waals surface area (Å²) in [6, 6.07) is 38.8. The lowest BCUT2D eigenvalue weighted by Gasteiger charge is -2.52. The van der Waals surface area contributed by atoms with Crippen LogP contribution < -0.4 is 20.3 Å². The number of nitro benzene ring substituents is 1. The van der Waals surface area contributed by atoms with E-state index < -0.39 is 64.4 Å². The standard InChI is InChI=1S/C46H49N2O9PSi2/c1-32(56-59(2,3)4)42-40(31-41(49)34-18-17-19-36(30-34)57-60(5,6)7)47(43(42)50)44(46(52)55-45(51)33-26-28-35(29-27-33)48(53)54)58(37-20-11-8-12-21-37,38-22-13-9-14-23-38)39-24-15-10-16-25-39/h8-30,32,40,42H,31H2,1-7H3/t32-,40-,42-/m1/s1. The summed E-state index contributed by atoms with van der Waals surface area (Å²) in [6.45, 7) is 10.5. The molecule has 0 unspecified atom stereocenters. The van der Waals surface area contributed by atoms with Crippen LogP contribution in [0.15, 0.2) is 140 Å². The Bertz CT molecular complexity index is 2350. The van der Waals surface area contributed by atoms with Crippen molar-refractivity contribution in [2.75, 3.05) is 0 Å². The lowest BCUT2D eigenvalue weighted by atomic mass is 9.79. The van der Waals surface area contributed by atoms with Gasteiger partial charge < -0.3 is 18.5 Å². The Hall–Kier alpha value is -5.73. The molecule has 0 spiro atoms. The second kappa shape index (κ2) is 17.9. The molecule has 0 aliphatic carbocycles. The highest BCUT2D eigenvalue weighted by atomic mass is 31.2. The number of β-lactam (4-membered cyclic amide) rings is 1. The van der Waals surface area contributed by atoms with E-state index in [0.29, 0.717) is 27.2 Å². The number of ketones is 1. The molecule has 1 aliphatic heterocycles. The molecule has 0 radical (unpaired) electrons. The molecule has 6 rings (SSSR count). The fourth-order valence-corrected chi connectivity index (χ4v) is 14.1. The average Bonchev–Trinajstić information content (AvgIpc) is 3.20. The first-order valence-corrected chi connectivity index (χ1v) is 28.3. The Kier molecular flexibility index (Phi) is 13.1. The molecule has 0 aromatic heterocycles. The highest BCUT2D eigenvalue weighted by Crippen LogP contribution is 2.50. The smallest absolute Gasteiger partial charge is 0.363 e. The maximum absolute atomic E-state index is 15.4. The Morgan fingerprint density at radius 2 is 1.23 bits per heavy atom. The largest absolute Gasteiger partial charge is 0.544 e. The number of carbonyl (C=O) groups is 4. The highest BCUT2D eigenvalue weighted by Gasteiger charge is 2.56. The maximum Gasteiger partial charge on any atom is 0.363 e. The lowest BCUT2D eigenvalue weighted by Crippen LogP contribution is -2.69. The third kappa shape index (κ3) is 9.50. The van der Waals surface area contributed by atoms with Crippen LogP contribution in [0.2, 0.25) is 39.3 Å². The van der Waals surface area contributed by atoms with Gasteiger partial charge >= 0.3 is 11.9 Å². The molecule has 3 atom stereocenters. The van der Waals surface area contributed by atoms with E-state index in [-0.39, 0.29) is 28.9 Å². The number of likely N-dealkylation sites (tertiary alicyclic amines) is 1. The van der Waals surface area contributed by atoms with Gasteiger partial charge in [0.2, 0.25) is 14.2 Å². The van der Waals surface area contributed by atoms with Crippen molar-refractivity contribution >= 4 is 74.2 Å². The first kappa shape index (κ1) is 43.8. The summed E-state index contributed by atoms with van der Waals surface area (Å²) in [7, 11) is -4.27. The second-order valence-electron chi connectivity index (χ2n) is 16.6.